The third-order valence-corrected chi connectivity index (χ3v) is 4.38. The summed E-state index contributed by atoms with van der Waals surface area (Å²) in [7, 11) is 0. The molecule has 1 aliphatic heterocycles. The molecule has 0 aliphatic carbocycles. The van der Waals surface area contributed by atoms with Crippen molar-refractivity contribution in [1.82, 2.24) is 0 Å². The summed E-state index contributed by atoms with van der Waals surface area (Å²) in [5.41, 5.74) is 3.35. The second-order valence-electron chi connectivity index (χ2n) is 4.90. The second-order valence-corrected chi connectivity index (χ2v) is 6.13. The zero-order chi connectivity index (χ0) is 15.1. The Hall–Kier alpha value is -1.42. The van der Waals surface area contributed by atoms with Crippen molar-refractivity contribution in [2.45, 2.75) is 13.0 Å². The molecule has 2 N–H and O–H groups in total. The number of carbonyl (C=O) groups excluding carboxylic acids is 1. The standard InChI is InChI=1S/C15H11Cl3N2O/c1-7-2-3-12-8(4-7)14(15(21)20-12)19-13-6-10(17)9(16)5-11(13)18/h2-6,14,19H,1H3,(H,20,21). The Balaban J connectivity index is 1.98. The van der Waals surface area contributed by atoms with Gasteiger partial charge in [0.2, 0.25) is 0 Å². The molecule has 108 valence electrons. The number of aryl methyl sites for hydroxylation is 1. The average Bonchev–Trinajstić information content (AvgIpc) is 2.72. The molecule has 2 aromatic carbocycles. The Morgan fingerprint density at radius 2 is 1.76 bits per heavy atom. The molecule has 2 aromatic rings. The van der Waals surface area contributed by atoms with Gasteiger partial charge in [0.1, 0.15) is 6.04 Å². The first-order chi connectivity index (χ1) is 9.95. The van der Waals surface area contributed by atoms with Crippen molar-refractivity contribution >= 4 is 52.1 Å². The first kappa shape index (κ1) is 14.5. The Labute approximate surface area is 137 Å². The van der Waals surface area contributed by atoms with Crippen molar-refractivity contribution in [3.63, 3.8) is 0 Å². The quantitative estimate of drug-likeness (QED) is 0.750. The van der Waals surface area contributed by atoms with Gasteiger partial charge in [0.25, 0.3) is 5.91 Å². The fraction of sp³-hybridized carbons (Fsp3) is 0.133. The minimum Gasteiger partial charge on any atom is -0.369 e. The van der Waals surface area contributed by atoms with Crippen LogP contribution in [0.1, 0.15) is 17.2 Å². The number of benzene rings is 2. The van der Waals surface area contributed by atoms with E-state index in [0.29, 0.717) is 20.8 Å². The van der Waals surface area contributed by atoms with E-state index in [1.807, 2.05) is 25.1 Å². The lowest BCUT2D eigenvalue weighted by atomic mass is 10.1. The van der Waals surface area contributed by atoms with E-state index in [-0.39, 0.29) is 5.91 Å². The molecule has 0 radical (unpaired) electrons. The molecule has 3 rings (SSSR count). The zero-order valence-corrected chi connectivity index (χ0v) is 13.3. The van der Waals surface area contributed by atoms with Gasteiger partial charge in [-0.15, -0.1) is 0 Å². The van der Waals surface area contributed by atoms with Crippen molar-refractivity contribution in [1.29, 1.82) is 0 Å². The third kappa shape index (κ3) is 2.69. The fourth-order valence-electron chi connectivity index (χ4n) is 2.31. The topological polar surface area (TPSA) is 41.1 Å². The minimum absolute atomic E-state index is 0.127. The van der Waals surface area contributed by atoms with Gasteiger partial charge in [-0.05, 0) is 25.1 Å². The number of rotatable bonds is 2. The number of hydrogen-bond acceptors (Lipinski definition) is 2. The lowest BCUT2D eigenvalue weighted by Crippen LogP contribution is -2.19. The van der Waals surface area contributed by atoms with Crippen LogP contribution in [0, 0.1) is 6.92 Å². The Bertz CT molecular complexity index is 746. The van der Waals surface area contributed by atoms with Crippen LogP contribution in [0.15, 0.2) is 30.3 Å². The van der Waals surface area contributed by atoms with Crippen LogP contribution in [-0.4, -0.2) is 5.91 Å². The largest absolute Gasteiger partial charge is 0.369 e. The fourth-order valence-corrected chi connectivity index (χ4v) is 2.91. The van der Waals surface area contributed by atoms with Gasteiger partial charge < -0.3 is 10.6 Å². The van der Waals surface area contributed by atoms with Crippen LogP contribution in [0.3, 0.4) is 0 Å². The molecule has 1 unspecified atom stereocenters. The Morgan fingerprint density at radius 1 is 1.05 bits per heavy atom. The van der Waals surface area contributed by atoms with Gasteiger partial charge in [0.05, 0.1) is 20.8 Å². The lowest BCUT2D eigenvalue weighted by molar-refractivity contribution is -0.116. The molecule has 0 bridgehead atoms. The van der Waals surface area contributed by atoms with Gasteiger partial charge in [0.15, 0.2) is 0 Å². The number of fused-ring (bicyclic) bond motifs is 1. The Kier molecular flexibility index (Phi) is 3.74. The molecule has 0 fully saturated rings. The molecule has 1 heterocycles. The molecule has 21 heavy (non-hydrogen) atoms. The van der Waals surface area contributed by atoms with Gasteiger partial charge in [0, 0.05) is 11.3 Å². The van der Waals surface area contributed by atoms with Crippen molar-refractivity contribution in [3.05, 3.63) is 56.5 Å². The molecule has 0 saturated carbocycles. The molecule has 1 aliphatic rings. The summed E-state index contributed by atoms with van der Waals surface area (Å²) in [6.07, 6.45) is 0. The van der Waals surface area contributed by atoms with E-state index in [9.17, 15) is 4.79 Å². The predicted molar refractivity (Wildman–Crippen MR) is 87.6 cm³/mol. The summed E-state index contributed by atoms with van der Waals surface area (Å²) >= 11 is 18.1. The molecule has 0 aromatic heterocycles. The van der Waals surface area contributed by atoms with Crippen LogP contribution in [0.5, 0.6) is 0 Å². The third-order valence-electron chi connectivity index (χ3n) is 3.35. The molecule has 0 saturated heterocycles. The van der Waals surface area contributed by atoms with Gasteiger partial charge >= 0.3 is 0 Å². The maximum Gasteiger partial charge on any atom is 0.251 e. The summed E-state index contributed by atoms with van der Waals surface area (Å²) in [5.74, 6) is -0.127. The summed E-state index contributed by atoms with van der Waals surface area (Å²) in [6, 6.07) is 8.48. The van der Waals surface area contributed by atoms with Crippen molar-refractivity contribution in [3.8, 4) is 0 Å². The molecule has 1 atom stereocenters. The SMILES string of the molecule is Cc1ccc2c(c1)C(Nc1cc(Cl)c(Cl)cc1Cl)C(=O)N2. The van der Waals surface area contributed by atoms with Crippen molar-refractivity contribution in [2.24, 2.45) is 0 Å². The number of carbonyl (C=O) groups is 1. The van der Waals surface area contributed by atoms with Crippen LogP contribution < -0.4 is 10.6 Å². The van der Waals surface area contributed by atoms with E-state index in [1.54, 1.807) is 12.1 Å². The molecule has 6 heteroatoms. The number of amides is 1. The number of hydrogen-bond donors (Lipinski definition) is 2. The first-order valence-electron chi connectivity index (χ1n) is 6.28. The number of halogens is 3. The van der Waals surface area contributed by atoms with E-state index in [0.717, 1.165) is 16.8 Å². The second kappa shape index (κ2) is 5.41. The van der Waals surface area contributed by atoms with Gasteiger partial charge in [-0.2, -0.15) is 0 Å². The highest BCUT2D eigenvalue weighted by atomic mass is 35.5. The molecular weight excluding hydrogens is 331 g/mol. The van der Waals surface area contributed by atoms with Crippen LogP contribution in [0.2, 0.25) is 15.1 Å². The van der Waals surface area contributed by atoms with Crippen LogP contribution in [0.25, 0.3) is 0 Å². The van der Waals surface area contributed by atoms with Crippen molar-refractivity contribution in [2.75, 3.05) is 10.6 Å². The average molecular weight is 342 g/mol. The minimum atomic E-state index is -0.505. The zero-order valence-electron chi connectivity index (χ0n) is 11.0. The number of nitrogens with one attached hydrogen (secondary N) is 2. The van der Waals surface area contributed by atoms with Gasteiger partial charge in [-0.3, -0.25) is 4.79 Å². The van der Waals surface area contributed by atoms with E-state index in [4.69, 9.17) is 34.8 Å². The smallest absolute Gasteiger partial charge is 0.251 e. The van der Waals surface area contributed by atoms with Crippen LogP contribution in [-0.2, 0) is 4.79 Å². The Morgan fingerprint density at radius 3 is 2.52 bits per heavy atom. The maximum absolute atomic E-state index is 12.1. The summed E-state index contributed by atoms with van der Waals surface area (Å²) in [5, 5.41) is 7.13. The first-order valence-corrected chi connectivity index (χ1v) is 7.41. The van der Waals surface area contributed by atoms with Gasteiger partial charge in [-0.25, -0.2) is 0 Å². The molecule has 0 spiro atoms. The van der Waals surface area contributed by atoms with Gasteiger partial charge in [-0.1, -0.05) is 52.5 Å². The number of anilines is 2. The predicted octanol–water partition coefficient (Wildman–Crippen LogP) is 5.06. The van der Waals surface area contributed by atoms with Crippen LogP contribution in [0.4, 0.5) is 11.4 Å². The monoisotopic (exact) mass is 340 g/mol. The van der Waals surface area contributed by atoms with E-state index in [2.05, 4.69) is 10.6 Å². The van der Waals surface area contributed by atoms with E-state index < -0.39 is 6.04 Å². The highest BCUT2D eigenvalue weighted by Crippen LogP contribution is 2.38. The maximum atomic E-state index is 12.1. The van der Waals surface area contributed by atoms with Crippen LogP contribution >= 0.6 is 34.8 Å². The highest BCUT2D eigenvalue weighted by molar-refractivity contribution is 6.44. The lowest BCUT2D eigenvalue weighted by Gasteiger charge is -2.15. The molecular formula is C15H11Cl3N2O. The van der Waals surface area contributed by atoms with E-state index >= 15 is 0 Å². The molecule has 3 nitrogen and oxygen atoms in total. The summed E-state index contributed by atoms with van der Waals surface area (Å²) < 4.78 is 0. The van der Waals surface area contributed by atoms with Crippen molar-refractivity contribution < 1.29 is 4.79 Å². The summed E-state index contributed by atoms with van der Waals surface area (Å²) in [6.45, 7) is 1.98. The highest BCUT2D eigenvalue weighted by Gasteiger charge is 2.31. The normalized spacial score (nSPS) is 16.6. The summed E-state index contributed by atoms with van der Waals surface area (Å²) in [4.78, 5) is 12.1. The molecule has 1 amide bonds. The van der Waals surface area contributed by atoms with E-state index in [1.165, 1.54) is 0 Å².